The van der Waals surface area contributed by atoms with Crippen molar-refractivity contribution in [1.82, 2.24) is 15.1 Å². The molecule has 3 amide bonds. The van der Waals surface area contributed by atoms with Crippen LogP contribution in [0.15, 0.2) is 24.3 Å². The molecular formula is C14H18FN3O2. The summed E-state index contributed by atoms with van der Waals surface area (Å²) in [5.41, 5.74) is 0.463. The van der Waals surface area contributed by atoms with Gasteiger partial charge in [-0.15, -0.1) is 0 Å². The first-order chi connectivity index (χ1) is 9.54. The van der Waals surface area contributed by atoms with Crippen molar-refractivity contribution in [2.45, 2.75) is 13.0 Å². The van der Waals surface area contributed by atoms with E-state index in [4.69, 9.17) is 0 Å². The minimum absolute atomic E-state index is 0.0783. The maximum atomic E-state index is 13.9. The fourth-order valence-corrected chi connectivity index (χ4v) is 2.31. The van der Waals surface area contributed by atoms with E-state index < -0.39 is 6.04 Å². The molecule has 5 nitrogen and oxygen atoms in total. The molecule has 1 fully saturated rings. The van der Waals surface area contributed by atoms with Gasteiger partial charge in [0.05, 0.1) is 12.6 Å². The number of hydrogen-bond acceptors (Lipinski definition) is 3. The summed E-state index contributed by atoms with van der Waals surface area (Å²) in [6.07, 6.45) is 0. The minimum Gasteiger partial charge on any atom is -0.318 e. The van der Waals surface area contributed by atoms with Gasteiger partial charge in [0.15, 0.2) is 0 Å². The van der Waals surface area contributed by atoms with Gasteiger partial charge in [-0.05, 0) is 12.6 Å². The first-order valence-corrected chi connectivity index (χ1v) is 6.57. The summed E-state index contributed by atoms with van der Waals surface area (Å²) < 4.78 is 13.9. The Bertz CT molecular complexity index is 521. The Balaban J connectivity index is 2.20. The third-order valence-corrected chi connectivity index (χ3v) is 3.33. The number of nitrogens with one attached hydrogen (secondary N) is 1. The van der Waals surface area contributed by atoms with E-state index >= 15 is 0 Å². The number of amides is 3. The Morgan fingerprint density at radius 1 is 1.35 bits per heavy atom. The summed E-state index contributed by atoms with van der Waals surface area (Å²) in [7, 11) is 1.57. The molecule has 1 heterocycles. The van der Waals surface area contributed by atoms with E-state index in [1.165, 1.54) is 15.9 Å². The van der Waals surface area contributed by atoms with Gasteiger partial charge in [-0.25, -0.2) is 9.18 Å². The van der Waals surface area contributed by atoms with E-state index in [-0.39, 0.29) is 30.8 Å². The maximum Gasteiger partial charge on any atom is 0.327 e. The Morgan fingerprint density at radius 3 is 2.60 bits per heavy atom. The number of hydrogen-bond donors (Lipinski definition) is 1. The van der Waals surface area contributed by atoms with Crippen LogP contribution in [-0.2, 0) is 4.79 Å². The molecule has 0 saturated carbocycles. The van der Waals surface area contributed by atoms with Gasteiger partial charge in [-0.3, -0.25) is 9.69 Å². The van der Waals surface area contributed by atoms with Crippen LogP contribution in [0.3, 0.4) is 0 Å². The lowest BCUT2D eigenvalue weighted by molar-refractivity contribution is -0.125. The lowest BCUT2D eigenvalue weighted by Crippen LogP contribution is -2.39. The van der Waals surface area contributed by atoms with Gasteiger partial charge in [0.25, 0.3) is 0 Å². The van der Waals surface area contributed by atoms with Crippen molar-refractivity contribution in [2.75, 3.05) is 26.7 Å². The molecule has 6 heteroatoms. The van der Waals surface area contributed by atoms with Crippen LogP contribution in [-0.4, -0.2) is 48.4 Å². The van der Waals surface area contributed by atoms with E-state index in [0.29, 0.717) is 12.1 Å². The lowest BCUT2D eigenvalue weighted by atomic mass is 10.1. The quantitative estimate of drug-likeness (QED) is 0.828. The van der Waals surface area contributed by atoms with E-state index in [1.54, 1.807) is 25.2 Å². The topological polar surface area (TPSA) is 52.7 Å². The highest BCUT2D eigenvalue weighted by atomic mass is 19.1. The Morgan fingerprint density at radius 2 is 2.05 bits per heavy atom. The van der Waals surface area contributed by atoms with Crippen LogP contribution in [0.5, 0.6) is 0 Å². The summed E-state index contributed by atoms with van der Waals surface area (Å²) in [5.74, 6) is -0.595. The number of halogens is 1. The second-order valence-electron chi connectivity index (χ2n) is 4.77. The van der Waals surface area contributed by atoms with Crippen LogP contribution in [0.2, 0.25) is 0 Å². The van der Waals surface area contributed by atoms with Gasteiger partial charge in [-0.2, -0.15) is 0 Å². The monoisotopic (exact) mass is 279 g/mol. The number of benzene rings is 1. The van der Waals surface area contributed by atoms with Gasteiger partial charge < -0.3 is 10.2 Å². The number of rotatable bonds is 5. The lowest BCUT2D eigenvalue weighted by Gasteiger charge is -2.23. The van der Waals surface area contributed by atoms with Gasteiger partial charge in [0.2, 0.25) is 5.91 Å². The molecule has 2 rings (SSSR count). The molecule has 1 atom stereocenters. The molecule has 0 aliphatic carbocycles. The second kappa shape index (κ2) is 6.00. The first-order valence-electron chi connectivity index (χ1n) is 6.57. The average molecular weight is 279 g/mol. The van der Waals surface area contributed by atoms with Crippen molar-refractivity contribution in [3.05, 3.63) is 35.6 Å². The zero-order valence-corrected chi connectivity index (χ0v) is 11.6. The summed E-state index contributed by atoms with van der Waals surface area (Å²) in [5, 5.41) is 3.12. The Hall–Kier alpha value is -1.95. The summed E-state index contributed by atoms with van der Waals surface area (Å²) in [6.45, 7) is 2.73. The largest absolute Gasteiger partial charge is 0.327 e. The van der Waals surface area contributed by atoms with Crippen molar-refractivity contribution < 1.29 is 14.0 Å². The van der Waals surface area contributed by atoms with Crippen molar-refractivity contribution in [1.29, 1.82) is 0 Å². The molecule has 1 N–H and O–H groups in total. The molecule has 20 heavy (non-hydrogen) atoms. The molecule has 1 unspecified atom stereocenters. The molecule has 108 valence electrons. The first kappa shape index (κ1) is 14.5. The van der Waals surface area contributed by atoms with E-state index in [9.17, 15) is 14.0 Å². The molecule has 1 saturated heterocycles. The van der Waals surface area contributed by atoms with Crippen LogP contribution in [0.25, 0.3) is 0 Å². The maximum absolute atomic E-state index is 13.9. The number of imide groups is 1. The number of nitrogens with zero attached hydrogens (tertiary/aromatic N) is 2. The van der Waals surface area contributed by atoms with E-state index in [1.807, 2.05) is 6.92 Å². The molecule has 0 spiro atoms. The predicted octanol–water partition coefficient (Wildman–Crippen LogP) is 1.37. The van der Waals surface area contributed by atoms with E-state index in [2.05, 4.69) is 5.32 Å². The third kappa shape index (κ3) is 2.80. The molecule has 1 aliphatic rings. The van der Waals surface area contributed by atoms with Crippen LogP contribution in [0, 0.1) is 5.82 Å². The molecule has 0 radical (unpaired) electrons. The highest BCUT2D eigenvalue weighted by Gasteiger charge is 2.35. The van der Waals surface area contributed by atoms with Crippen LogP contribution >= 0.6 is 0 Å². The van der Waals surface area contributed by atoms with Crippen LogP contribution < -0.4 is 5.32 Å². The minimum atomic E-state index is -0.402. The van der Waals surface area contributed by atoms with Crippen molar-refractivity contribution in [2.24, 2.45) is 0 Å². The second-order valence-corrected chi connectivity index (χ2v) is 4.77. The number of carbonyl (C=O) groups is 2. The average Bonchev–Trinajstić information content (AvgIpc) is 2.65. The van der Waals surface area contributed by atoms with Crippen molar-refractivity contribution >= 4 is 11.9 Å². The van der Waals surface area contributed by atoms with Crippen LogP contribution in [0.1, 0.15) is 18.5 Å². The summed E-state index contributed by atoms with van der Waals surface area (Å²) in [6, 6.07) is 5.65. The summed E-state index contributed by atoms with van der Waals surface area (Å²) >= 11 is 0. The highest BCUT2D eigenvalue weighted by molar-refractivity contribution is 6.01. The molecule has 1 aliphatic heterocycles. The van der Waals surface area contributed by atoms with Crippen molar-refractivity contribution in [3.63, 3.8) is 0 Å². The van der Waals surface area contributed by atoms with Gasteiger partial charge in [-0.1, -0.05) is 25.1 Å². The van der Waals surface area contributed by atoms with E-state index in [0.717, 1.165) is 0 Å². The normalized spacial score (nSPS) is 16.9. The Kier molecular flexibility index (Phi) is 4.34. The fraction of sp³-hybridized carbons (Fsp3) is 0.429. The number of likely N-dealkylation sites (N-methyl/N-ethyl adjacent to an activating group) is 2. The smallest absolute Gasteiger partial charge is 0.318 e. The zero-order valence-electron chi connectivity index (χ0n) is 11.6. The highest BCUT2D eigenvalue weighted by Crippen LogP contribution is 2.20. The van der Waals surface area contributed by atoms with Gasteiger partial charge in [0.1, 0.15) is 12.4 Å². The molecule has 0 bridgehead atoms. The van der Waals surface area contributed by atoms with Crippen molar-refractivity contribution in [3.8, 4) is 0 Å². The fourth-order valence-electron chi connectivity index (χ4n) is 2.31. The van der Waals surface area contributed by atoms with Crippen LogP contribution in [0.4, 0.5) is 9.18 Å². The molecule has 1 aromatic carbocycles. The Labute approximate surface area is 117 Å². The molecule has 1 aromatic rings. The molecule has 0 aromatic heterocycles. The third-order valence-electron chi connectivity index (χ3n) is 3.33. The predicted molar refractivity (Wildman–Crippen MR) is 72.6 cm³/mol. The molecular weight excluding hydrogens is 261 g/mol. The number of carbonyl (C=O) groups excluding carboxylic acids is 2. The standard InChI is InChI=1S/C14H18FN3O2/c1-3-16-12(10-6-4-5-7-11(10)15)8-18-13(19)9-17(2)14(18)20/h4-7,12,16H,3,8-9H2,1-2H3. The zero-order chi connectivity index (χ0) is 14.7. The number of urea groups is 1. The summed E-state index contributed by atoms with van der Waals surface area (Å²) in [4.78, 5) is 26.2. The van der Waals surface area contributed by atoms with Gasteiger partial charge >= 0.3 is 6.03 Å². The SMILES string of the molecule is CCNC(CN1C(=O)CN(C)C1=O)c1ccccc1F. The van der Waals surface area contributed by atoms with Gasteiger partial charge in [0, 0.05) is 12.6 Å².